The summed E-state index contributed by atoms with van der Waals surface area (Å²) in [7, 11) is 0. The number of hydrogen-bond donors (Lipinski definition) is 1. The zero-order valence-corrected chi connectivity index (χ0v) is 16.7. The van der Waals surface area contributed by atoms with Crippen LogP contribution >= 0.6 is 0 Å². The van der Waals surface area contributed by atoms with Crippen molar-refractivity contribution in [2.24, 2.45) is 0 Å². The average molecular weight is 369 g/mol. The van der Waals surface area contributed by atoms with E-state index < -0.39 is 0 Å². The molecule has 0 amide bonds. The number of benzene rings is 1. The maximum absolute atomic E-state index is 10.2. The molecule has 5 nitrogen and oxygen atoms in total. The number of likely N-dealkylation sites (N-methyl/N-ethyl adjacent to an activating group) is 1. The summed E-state index contributed by atoms with van der Waals surface area (Å²) in [5.41, 5.74) is 3.62. The Morgan fingerprint density at radius 3 is 2.59 bits per heavy atom. The van der Waals surface area contributed by atoms with E-state index >= 15 is 0 Å². The average Bonchev–Trinajstić information content (AvgIpc) is 2.68. The van der Waals surface area contributed by atoms with Gasteiger partial charge in [0.2, 0.25) is 0 Å². The van der Waals surface area contributed by atoms with E-state index in [0.717, 1.165) is 70.0 Å². The fourth-order valence-corrected chi connectivity index (χ4v) is 4.37. The molecule has 1 atom stereocenters. The summed E-state index contributed by atoms with van der Waals surface area (Å²) in [6, 6.07) is 8.82. The topological polar surface area (TPSA) is 42.8 Å². The van der Waals surface area contributed by atoms with Crippen LogP contribution < -0.4 is 4.90 Å². The zero-order chi connectivity index (χ0) is 18.8. The van der Waals surface area contributed by atoms with Gasteiger partial charge in [0.05, 0.1) is 11.6 Å². The third-order valence-electron chi connectivity index (χ3n) is 6.03. The monoisotopic (exact) mass is 368 g/mol. The van der Waals surface area contributed by atoms with E-state index in [2.05, 4.69) is 52.8 Å². The number of aryl methyl sites for hydroxylation is 1. The van der Waals surface area contributed by atoms with Crippen LogP contribution in [0.15, 0.2) is 24.3 Å². The van der Waals surface area contributed by atoms with Gasteiger partial charge in [0, 0.05) is 56.8 Å². The largest absolute Gasteiger partial charge is 0.391 e. The molecule has 2 aliphatic rings. The van der Waals surface area contributed by atoms with Gasteiger partial charge >= 0.3 is 0 Å². The fourth-order valence-electron chi connectivity index (χ4n) is 4.37. The predicted molar refractivity (Wildman–Crippen MR) is 111 cm³/mol. The summed E-state index contributed by atoms with van der Waals surface area (Å²) in [5.74, 6) is 1.07. The molecule has 146 valence electrons. The number of aliphatic hydroxyl groups excluding tert-OH is 1. The molecule has 4 rings (SSSR count). The highest BCUT2D eigenvalue weighted by molar-refractivity contribution is 5.82. The fraction of sp³-hybridized carbons (Fsp3) is 0.591. The zero-order valence-electron chi connectivity index (χ0n) is 16.7. The van der Waals surface area contributed by atoms with Crippen molar-refractivity contribution in [1.29, 1.82) is 0 Å². The Hall–Kier alpha value is -1.69. The second kappa shape index (κ2) is 8.13. The normalized spacial score (nSPS) is 22.5. The quantitative estimate of drug-likeness (QED) is 0.899. The molecule has 1 N–H and O–H groups in total. The van der Waals surface area contributed by atoms with Crippen LogP contribution in [0.1, 0.15) is 30.9 Å². The number of rotatable bonds is 4. The number of β-amino-alcohol motifs (C(OH)–C–C–N with tert-alkyl or cyclic N) is 1. The molecule has 27 heavy (non-hydrogen) atoms. The smallest absolute Gasteiger partial charge is 0.133 e. The minimum Gasteiger partial charge on any atom is -0.391 e. The van der Waals surface area contributed by atoms with E-state index in [1.807, 2.05) is 0 Å². The lowest BCUT2D eigenvalue weighted by Gasteiger charge is -2.36. The van der Waals surface area contributed by atoms with Gasteiger partial charge in [-0.15, -0.1) is 0 Å². The Kier molecular flexibility index (Phi) is 5.62. The summed E-state index contributed by atoms with van der Waals surface area (Å²) in [5, 5.41) is 11.4. The van der Waals surface area contributed by atoms with Gasteiger partial charge in [-0.3, -0.25) is 4.90 Å². The number of hydrogen-bond acceptors (Lipinski definition) is 5. The molecule has 2 saturated heterocycles. The van der Waals surface area contributed by atoms with Crippen molar-refractivity contribution in [2.45, 2.75) is 39.3 Å². The van der Waals surface area contributed by atoms with Gasteiger partial charge in [0.1, 0.15) is 5.82 Å². The van der Waals surface area contributed by atoms with E-state index in [4.69, 9.17) is 4.98 Å². The Morgan fingerprint density at radius 1 is 1.07 bits per heavy atom. The van der Waals surface area contributed by atoms with Crippen molar-refractivity contribution in [2.75, 3.05) is 50.7 Å². The first-order chi connectivity index (χ1) is 13.1. The first-order valence-electron chi connectivity index (χ1n) is 10.4. The van der Waals surface area contributed by atoms with Crippen molar-refractivity contribution in [3.63, 3.8) is 0 Å². The van der Waals surface area contributed by atoms with Crippen LogP contribution in [0.25, 0.3) is 10.9 Å². The summed E-state index contributed by atoms with van der Waals surface area (Å²) in [6.07, 6.45) is 1.69. The molecular formula is C22H32N4O. The lowest BCUT2D eigenvalue weighted by molar-refractivity contribution is 0.131. The number of aromatic nitrogens is 1. The highest BCUT2D eigenvalue weighted by Crippen LogP contribution is 2.28. The lowest BCUT2D eigenvalue weighted by Crippen LogP contribution is -2.46. The van der Waals surface area contributed by atoms with Gasteiger partial charge in [-0.25, -0.2) is 4.98 Å². The van der Waals surface area contributed by atoms with Crippen molar-refractivity contribution in [3.8, 4) is 0 Å². The van der Waals surface area contributed by atoms with Crippen LogP contribution in [-0.4, -0.2) is 71.8 Å². The number of piperazine rings is 1. The first kappa shape index (κ1) is 18.7. The van der Waals surface area contributed by atoms with E-state index in [-0.39, 0.29) is 6.10 Å². The number of fused-ring (bicyclic) bond motifs is 1. The summed E-state index contributed by atoms with van der Waals surface area (Å²) in [6.45, 7) is 12.7. The summed E-state index contributed by atoms with van der Waals surface area (Å²) in [4.78, 5) is 12.4. The molecule has 1 aromatic carbocycles. The molecule has 0 aliphatic carbocycles. The third-order valence-corrected chi connectivity index (χ3v) is 6.03. The van der Waals surface area contributed by atoms with Crippen molar-refractivity contribution < 1.29 is 5.11 Å². The van der Waals surface area contributed by atoms with Crippen molar-refractivity contribution in [1.82, 2.24) is 14.8 Å². The number of nitrogens with zero attached hydrogens (tertiary/aromatic N) is 4. The number of aliphatic hydroxyl groups is 1. The van der Waals surface area contributed by atoms with Crippen molar-refractivity contribution >= 4 is 16.7 Å². The van der Waals surface area contributed by atoms with E-state index in [1.54, 1.807) is 0 Å². The van der Waals surface area contributed by atoms with Crippen LogP contribution in [0.4, 0.5) is 5.82 Å². The highest BCUT2D eigenvalue weighted by Gasteiger charge is 2.24. The highest BCUT2D eigenvalue weighted by atomic mass is 16.3. The van der Waals surface area contributed by atoms with Crippen molar-refractivity contribution in [3.05, 3.63) is 35.4 Å². The summed E-state index contributed by atoms with van der Waals surface area (Å²) >= 11 is 0. The van der Waals surface area contributed by atoms with E-state index in [0.29, 0.717) is 6.54 Å². The molecule has 2 aliphatic heterocycles. The molecule has 0 saturated carbocycles. The van der Waals surface area contributed by atoms with Gasteiger partial charge < -0.3 is 14.9 Å². The maximum atomic E-state index is 10.2. The molecule has 0 bridgehead atoms. The molecule has 0 spiro atoms. The molecule has 2 fully saturated rings. The second-order valence-electron chi connectivity index (χ2n) is 8.12. The van der Waals surface area contributed by atoms with Gasteiger partial charge in [-0.1, -0.05) is 18.6 Å². The number of pyridine rings is 1. The van der Waals surface area contributed by atoms with Gasteiger partial charge in [0.25, 0.3) is 0 Å². The summed E-state index contributed by atoms with van der Waals surface area (Å²) < 4.78 is 0. The SMILES string of the molecule is CCN1CCN(Cc2cc3cc(C)ccc3nc2N2CCC[C@H](O)C2)CC1. The Balaban J connectivity index is 1.64. The van der Waals surface area contributed by atoms with Crippen LogP contribution in [0.2, 0.25) is 0 Å². The Morgan fingerprint density at radius 2 is 1.85 bits per heavy atom. The van der Waals surface area contributed by atoms with Gasteiger partial charge in [-0.05, 0) is 44.5 Å². The van der Waals surface area contributed by atoms with Crippen LogP contribution in [0.5, 0.6) is 0 Å². The third kappa shape index (κ3) is 4.26. The molecule has 2 aromatic rings. The van der Waals surface area contributed by atoms with Crippen LogP contribution in [-0.2, 0) is 6.54 Å². The molecule has 3 heterocycles. The molecule has 1 aromatic heterocycles. The van der Waals surface area contributed by atoms with E-state index in [9.17, 15) is 5.11 Å². The van der Waals surface area contributed by atoms with E-state index in [1.165, 1.54) is 16.5 Å². The minimum absolute atomic E-state index is 0.241. The molecule has 0 unspecified atom stereocenters. The first-order valence-corrected chi connectivity index (χ1v) is 10.4. The number of piperidine rings is 1. The predicted octanol–water partition coefficient (Wildman–Crippen LogP) is 2.64. The Labute approximate surface area is 162 Å². The second-order valence-corrected chi connectivity index (χ2v) is 8.12. The minimum atomic E-state index is -0.241. The molecule has 0 radical (unpaired) electrons. The van der Waals surface area contributed by atoms with Gasteiger partial charge in [-0.2, -0.15) is 0 Å². The number of anilines is 1. The Bertz CT molecular complexity index is 785. The lowest BCUT2D eigenvalue weighted by atomic mass is 10.0. The van der Waals surface area contributed by atoms with Gasteiger partial charge in [0.15, 0.2) is 0 Å². The maximum Gasteiger partial charge on any atom is 0.133 e. The van der Waals surface area contributed by atoms with Crippen LogP contribution in [0.3, 0.4) is 0 Å². The molecular weight excluding hydrogens is 336 g/mol. The standard InChI is InChI=1S/C22H32N4O/c1-3-24-9-11-25(12-10-24)15-19-14-18-13-17(2)6-7-21(18)23-22(19)26-8-4-5-20(27)16-26/h6-7,13-14,20,27H,3-5,8-12,15-16H2,1-2H3/t20-/m0/s1. The van der Waals surface area contributed by atoms with Crippen LogP contribution in [0, 0.1) is 6.92 Å². The molecule has 5 heteroatoms.